The SMILES string of the molecule is O=C1c2cc(N3CCN(CCCCC4(C(=O)NCC(F)(F)F)c5ccccc5Sc5ccccc54)CC3)ccc2CCN1Cc1cccc(Cl)c1. The highest BCUT2D eigenvalue weighted by atomic mass is 35.5. The molecule has 7 rings (SSSR count). The second kappa shape index (κ2) is 14.9. The van der Waals surface area contributed by atoms with Crippen molar-refractivity contribution in [1.82, 2.24) is 15.1 Å². The summed E-state index contributed by atoms with van der Waals surface area (Å²) in [5, 5.41) is 2.91. The number of halogens is 4. The first-order valence-corrected chi connectivity index (χ1v) is 18.7. The van der Waals surface area contributed by atoms with Crippen LogP contribution in [0.2, 0.25) is 5.02 Å². The standard InChI is InChI=1S/C40H40ClF3N4O2S/c41-30-9-7-8-28(24-30)26-48-19-16-29-14-15-31(25-32(29)37(48)49)47-22-20-46(21-23-47)18-6-5-17-39(38(50)45-27-40(42,43)44)33-10-1-3-12-35(33)51-36-13-4-2-11-34(36)39/h1-4,7-15,24-25H,5-6,16-23,26-27H2,(H,45,50). The molecule has 266 valence electrons. The number of hydrogen-bond donors (Lipinski definition) is 1. The van der Waals surface area contributed by atoms with Crippen molar-refractivity contribution >= 4 is 40.9 Å². The summed E-state index contributed by atoms with van der Waals surface area (Å²) in [5.41, 5.74) is 4.22. The Labute approximate surface area is 305 Å². The number of amides is 2. The Morgan fingerprint density at radius 3 is 2.24 bits per heavy atom. The molecule has 0 unspecified atom stereocenters. The lowest BCUT2D eigenvalue weighted by molar-refractivity contribution is -0.141. The number of hydrogen-bond acceptors (Lipinski definition) is 5. The quantitative estimate of drug-likeness (QED) is 0.168. The highest BCUT2D eigenvalue weighted by Gasteiger charge is 2.47. The normalized spacial score (nSPS) is 17.1. The molecule has 0 spiro atoms. The van der Waals surface area contributed by atoms with E-state index in [9.17, 15) is 22.8 Å². The Morgan fingerprint density at radius 1 is 0.843 bits per heavy atom. The van der Waals surface area contributed by atoms with Crippen LogP contribution in [0.4, 0.5) is 18.9 Å². The molecule has 6 nitrogen and oxygen atoms in total. The number of rotatable bonds is 10. The number of carbonyl (C=O) groups excluding carboxylic acids is 2. The fourth-order valence-electron chi connectivity index (χ4n) is 7.71. The number of piperazine rings is 1. The maximum absolute atomic E-state index is 13.9. The van der Waals surface area contributed by atoms with Crippen LogP contribution in [-0.2, 0) is 23.2 Å². The fraction of sp³-hybridized carbons (Fsp3) is 0.350. The average molecular weight is 733 g/mol. The van der Waals surface area contributed by atoms with Crippen LogP contribution in [0, 0.1) is 0 Å². The lowest BCUT2D eigenvalue weighted by Crippen LogP contribution is -2.49. The van der Waals surface area contributed by atoms with Gasteiger partial charge in [0, 0.05) is 65.3 Å². The molecule has 0 bridgehead atoms. The van der Waals surface area contributed by atoms with Gasteiger partial charge in [0.15, 0.2) is 0 Å². The summed E-state index contributed by atoms with van der Waals surface area (Å²) < 4.78 is 39.9. The summed E-state index contributed by atoms with van der Waals surface area (Å²) in [6.45, 7) is 4.01. The van der Waals surface area contributed by atoms with Gasteiger partial charge in [-0.05, 0) is 84.5 Å². The zero-order chi connectivity index (χ0) is 35.6. The van der Waals surface area contributed by atoms with Crippen molar-refractivity contribution in [3.05, 3.63) is 124 Å². The van der Waals surface area contributed by atoms with E-state index in [0.29, 0.717) is 31.0 Å². The van der Waals surface area contributed by atoms with E-state index in [4.69, 9.17) is 11.6 Å². The maximum atomic E-state index is 13.9. The molecular formula is C40H40ClF3N4O2S. The van der Waals surface area contributed by atoms with Crippen LogP contribution >= 0.6 is 23.4 Å². The Kier molecular flexibility index (Phi) is 10.4. The third-order valence-electron chi connectivity index (χ3n) is 10.3. The topological polar surface area (TPSA) is 55.9 Å². The molecule has 4 aromatic rings. The second-order valence-electron chi connectivity index (χ2n) is 13.5. The van der Waals surface area contributed by atoms with Gasteiger partial charge in [-0.1, -0.05) is 84.4 Å². The molecule has 0 atom stereocenters. The molecule has 1 fully saturated rings. The Morgan fingerprint density at radius 2 is 1.55 bits per heavy atom. The van der Waals surface area contributed by atoms with Crippen LogP contribution in [-0.4, -0.2) is 73.6 Å². The number of alkyl halides is 3. The summed E-state index contributed by atoms with van der Waals surface area (Å²) in [7, 11) is 0. The van der Waals surface area contributed by atoms with Crippen molar-refractivity contribution in [2.75, 3.05) is 50.7 Å². The third kappa shape index (κ3) is 7.64. The van der Waals surface area contributed by atoms with Crippen LogP contribution in [0.25, 0.3) is 0 Å². The van der Waals surface area contributed by atoms with E-state index >= 15 is 0 Å². The van der Waals surface area contributed by atoms with Gasteiger partial charge in [-0.3, -0.25) is 14.5 Å². The second-order valence-corrected chi connectivity index (χ2v) is 15.1. The molecule has 0 radical (unpaired) electrons. The molecule has 51 heavy (non-hydrogen) atoms. The molecule has 1 N–H and O–H groups in total. The molecule has 3 aliphatic rings. The molecule has 3 heterocycles. The number of nitrogens with zero attached hydrogens (tertiary/aromatic N) is 3. The number of unbranched alkanes of at least 4 members (excludes halogenated alkanes) is 1. The monoisotopic (exact) mass is 732 g/mol. The van der Waals surface area contributed by atoms with Gasteiger partial charge in [-0.15, -0.1) is 0 Å². The minimum absolute atomic E-state index is 0.0448. The lowest BCUT2D eigenvalue weighted by atomic mass is 9.69. The van der Waals surface area contributed by atoms with Gasteiger partial charge in [-0.25, -0.2) is 0 Å². The first-order chi connectivity index (χ1) is 24.6. The Balaban J connectivity index is 0.981. The van der Waals surface area contributed by atoms with Crippen LogP contribution in [0.1, 0.15) is 51.9 Å². The smallest absolute Gasteiger partial charge is 0.369 e. The number of anilines is 1. The van der Waals surface area contributed by atoms with Crippen molar-refractivity contribution in [2.24, 2.45) is 0 Å². The number of nitrogens with one attached hydrogen (secondary N) is 1. The maximum Gasteiger partial charge on any atom is 0.405 e. The first kappa shape index (κ1) is 35.4. The van der Waals surface area contributed by atoms with Crippen molar-refractivity contribution in [1.29, 1.82) is 0 Å². The largest absolute Gasteiger partial charge is 0.405 e. The number of fused-ring (bicyclic) bond motifs is 3. The molecule has 0 aliphatic carbocycles. The summed E-state index contributed by atoms with van der Waals surface area (Å²) >= 11 is 7.73. The predicted octanol–water partition coefficient (Wildman–Crippen LogP) is 7.96. The lowest BCUT2D eigenvalue weighted by Gasteiger charge is -2.40. The average Bonchev–Trinajstić information content (AvgIpc) is 3.13. The highest BCUT2D eigenvalue weighted by Crippen LogP contribution is 2.51. The minimum atomic E-state index is -4.51. The third-order valence-corrected chi connectivity index (χ3v) is 11.7. The highest BCUT2D eigenvalue weighted by molar-refractivity contribution is 7.99. The van der Waals surface area contributed by atoms with Crippen molar-refractivity contribution in [2.45, 2.75) is 53.6 Å². The molecule has 11 heteroatoms. The van der Waals surface area contributed by atoms with Crippen LogP contribution in [0.5, 0.6) is 0 Å². The van der Waals surface area contributed by atoms with Gasteiger partial charge in [-0.2, -0.15) is 13.2 Å². The first-order valence-electron chi connectivity index (χ1n) is 17.5. The summed E-state index contributed by atoms with van der Waals surface area (Å²) in [4.78, 5) is 35.9. The molecule has 1 saturated heterocycles. The molecule has 0 saturated carbocycles. The van der Waals surface area contributed by atoms with E-state index in [0.717, 1.165) is 88.9 Å². The molecule has 0 aromatic heterocycles. The van der Waals surface area contributed by atoms with Gasteiger partial charge >= 0.3 is 6.18 Å². The summed E-state index contributed by atoms with van der Waals surface area (Å²) in [6.07, 6.45) is -1.80. The summed E-state index contributed by atoms with van der Waals surface area (Å²) in [6, 6.07) is 29.0. The van der Waals surface area contributed by atoms with E-state index in [1.54, 1.807) is 11.8 Å². The van der Waals surface area contributed by atoms with Gasteiger partial charge in [0.2, 0.25) is 5.91 Å². The van der Waals surface area contributed by atoms with E-state index in [-0.39, 0.29) is 5.91 Å². The van der Waals surface area contributed by atoms with Gasteiger partial charge in [0.25, 0.3) is 5.91 Å². The van der Waals surface area contributed by atoms with Crippen molar-refractivity contribution in [3.8, 4) is 0 Å². The predicted molar refractivity (Wildman–Crippen MR) is 196 cm³/mol. The van der Waals surface area contributed by atoms with Crippen LogP contribution in [0.3, 0.4) is 0 Å². The van der Waals surface area contributed by atoms with E-state index in [1.165, 1.54) is 0 Å². The Bertz CT molecular complexity index is 1870. The number of benzene rings is 4. The summed E-state index contributed by atoms with van der Waals surface area (Å²) in [5.74, 6) is -0.562. The Hall–Kier alpha value is -3.99. The van der Waals surface area contributed by atoms with Gasteiger partial charge < -0.3 is 15.1 Å². The van der Waals surface area contributed by atoms with Gasteiger partial charge in [0.05, 0.1) is 0 Å². The van der Waals surface area contributed by atoms with E-state index < -0.39 is 24.0 Å². The van der Waals surface area contributed by atoms with Crippen LogP contribution < -0.4 is 10.2 Å². The minimum Gasteiger partial charge on any atom is -0.369 e. The van der Waals surface area contributed by atoms with Gasteiger partial charge in [0.1, 0.15) is 12.0 Å². The van der Waals surface area contributed by atoms with E-state index in [2.05, 4.69) is 27.2 Å². The van der Waals surface area contributed by atoms with Crippen LogP contribution in [0.15, 0.2) is 101 Å². The molecule has 4 aromatic carbocycles. The molecule has 3 aliphatic heterocycles. The molecule has 2 amide bonds. The van der Waals surface area contributed by atoms with Crippen molar-refractivity contribution < 1.29 is 22.8 Å². The fourth-order valence-corrected chi connectivity index (χ4v) is 9.15. The zero-order valence-electron chi connectivity index (χ0n) is 28.2. The zero-order valence-corrected chi connectivity index (χ0v) is 29.8. The number of carbonyl (C=O) groups is 2. The van der Waals surface area contributed by atoms with Crippen molar-refractivity contribution in [3.63, 3.8) is 0 Å². The van der Waals surface area contributed by atoms with E-state index in [1.807, 2.05) is 83.8 Å². The molecular weight excluding hydrogens is 693 g/mol.